The lowest BCUT2D eigenvalue weighted by Crippen LogP contribution is -2.15. The highest BCUT2D eigenvalue weighted by Gasteiger charge is 2.36. The Bertz CT molecular complexity index is 2760. The summed E-state index contributed by atoms with van der Waals surface area (Å²) in [7, 11) is 0. The van der Waals surface area contributed by atoms with Gasteiger partial charge in [0.1, 0.15) is 0 Å². The van der Waals surface area contributed by atoms with Crippen LogP contribution in [0.1, 0.15) is 25.0 Å². The standard InChI is InChI=1S/C47H32/c1-47(2)42-28-35(22-23-37(42)41-26-32-14-5-6-15-33(32)27-43(41)47)44-38-17-9-10-18-39(38)45(34-20-19-29-11-3-4-13-31(29)25-34)46-36-16-8-7-12-30(36)21-24-40(44)46/h3-28H,1-2H3. The van der Waals surface area contributed by atoms with Crippen LogP contribution in [-0.2, 0) is 5.41 Å². The predicted octanol–water partition coefficient (Wildman–Crippen LogP) is 13.1. The van der Waals surface area contributed by atoms with Crippen LogP contribution < -0.4 is 0 Å². The summed E-state index contributed by atoms with van der Waals surface area (Å²) in [4.78, 5) is 0. The Morgan fingerprint density at radius 1 is 0.340 bits per heavy atom. The summed E-state index contributed by atoms with van der Waals surface area (Å²) in [5.74, 6) is 0. The predicted molar refractivity (Wildman–Crippen MR) is 202 cm³/mol. The third-order valence-electron chi connectivity index (χ3n) is 10.8. The monoisotopic (exact) mass is 596 g/mol. The third-order valence-corrected chi connectivity index (χ3v) is 10.8. The van der Waals surface area contributed by atoms with E-state index in [2.05, 4.69) is 172 Å². The molecule has 0 heteroatoms. The number of hydrogen-bond acceptors (Lipinski definition) is 0. The molecule has 0 saturated heterocycles. The van der Waals surface area contributed by atoms with E-state index < -0.39 is 0 Å². The second kappa shape index (κ2) is 9.64. The van der Waals surface area contributed by atoms with Crippen molar-refractivity contribution in [1.82, 2.24) is 0 Å². The molecule has 1 aliphatic carbocycles. The molecule has 0 fully saturated rings. The van der Waals surface area contributed by atoms with Gasteiger partial charge in [0.2, 0.25) is 0 Å². The zero-order chi connectivity index (χ0) is 31.3. The first-order valence-electron chi connectivity index (χ1n) is 16.6. The Hall–Kier alpha value is -5.72. The van der Waals surface area contributed by atoms with Crippen LogP contribution in [0.25, 0.3) is 87.2 Å². The van der Waals surface area contributed by atoms with E-state index in [9.17, 15) is 0 Å². The molecule has 0 atom stereocenters. The molecular weight excluding hydrogens is 565 g/mol. The van der Waals surface area contributed by atoms with E-state index in [1.54, 1.807) is 0 Å². The fourth-order valence-corrected chi connectivity index (χ4v) is 8.48. The average molecular weight is 597 g/mol. The van der Waals surface area contributed by atoms with Crippen molar-refractivity contribution in [2.75, 3.05) is 0 Å². The minimum Gasteiger partial charge on any atom is -0.0616 e. The van der Waals surface area contributed by atoms with Crippen LogP contribution in [0, 0.1) is 0 Å². The summed E-state index contributed by atoms with van der Waals surface area (Å²) in [6.07, 6.45) is 0. The number of benzene rings is 9. The number of fused-ring (bicyclic) bond motifs is 9. The summed E-state index contributed by atoms with van der Waals surface area (Å²) in [5, 5.41) is 12.9. The Morgan fingerprint density at radius 3 is 1.64 bits per heavy atom. The van der Waals surface area contributed by atoms with Gasteiger partial charge in [-0.3, -0.25) is 0 Å². The van der Waals surface area contributed by atoms with Gasteiger partial charge in [-0.2, -0.15) is 0 Å². The molecule has 0 aromatic heterocycles. The van der Waals surface area contributed by atoms with E-state index in [0.717, 1.165) is 0 Å². The van der Waals surface area contributed by atoms with Crippen LogP contribution in [0.3, 0.4) is 0 Å². The molecule has 0 amide bonds. The second-order valence-electron chi connectivity index (χ2n) is 13.7. The van der Waals surface area contributed by atoms with Crippen molar-refractivity contribution in [3.8, 4) is 33.4 Å². The molecule has 1 aliphatic rings. The van der Waals surface area contributed by atoms with Crippen LogP contribution in [0.15, 0.2) is 158 Å². The van der Waals surface area contributed by atoms with Crippen LogP contribution >= 0.6 is 0 Å². The molecule has 220 valence electrons. The number of hydrogen-bond donors (Lipinski definition) is 0. The van der Waals surface area contributed by atoms with Gasteiger partial charge in [-0.25, -0.2) is 0 Å². The Labute approximate surface area is 274 Å². The van der Waals surface area contributed by atoms with E-state index in [-0.39, 0.29) is 5.41 Å². The molecule has 47 heavy (non-hydrogen) atoms. The summed E-state index contributed by atoms with van der Waals surface area (Å²) >= 11 is 0. The van der Waals surface area contributed by atoms with Gasteiger partial charge in [-0.1, -0.05) is 147 Å². The van der Waals surface area contributed by atoms with Crippen molar-refractivity contribution < 1.29 is 0 Å². The van der Waals surface area contributed by atoms with Gasteiger partial charge < -0.3 is 0 Å². The largest absolute Gasteiger partial charge is 0.0616 e. The first kappa shape index (κ1) is 26.5. The van der Waals surface area contributed by atoms with Gasteiger partial charge in [0.15, 0.2) is 0 Å². The lowest BCUT2D eigenvalue weighted by molar-refractivity contribution is 0.661. The average Bonchev–Trinajstić information content (AvgIpc) is 3.33. The smallest absolute Gasteiger partial charge is 0.0159 e. The van der Waals surface area contributed by atoms with E-state index in [4.69, 9.17) is 0 Å². The van der Waals surface area contributed by atoms with E-state index >= 15 is 0 Å². The quantitative estimate of drug-likeness (QED) is 0.138. The van der Waals surface area contributed by atoms with E-state index in [1.165, 1.54) is 98.4 Å². The van der Waals surface area contributed by atoms with Crippen molar-refractivity contribution in [1.29, 1.82) is 0 Å². The zero-order valence-electron chi connectivity index (χ0n) is 26.5. The second-order valence-corrected chi connectivity index (χ2v) is 13.7. The highest BCUT2D eigenvalue weighted by Crippen LogP contribution is 2.52. The maximum absolute atomic E-state index is 2.49. The molecule has 9 aromatic carbocycles. The maximum Gasteiger partial charge on any atom is 0.0159 e. The van der Waals surface area contributed by atoms with Crippen molar-refractivity contribution in [3.05, 3.63) is 169 Å². The fraction of sp³-hybridized carbons (Fsp3) is 0.0638. The van der Waals surface area contributed by atoms with Gasteiger partial charge in [-0.05, 0) is 123 Å². The molecule has 10 rings (SSSR count). The Kier molecular flexibility index (Phi) is 5.44. The summed E-state index contributed by atoms with van der Waals surface area (Å²) in [5.41, 5.74) is 10.6. The lowest BCUT2D eigenvalue weighted by Gasteiger charge is -2.23. The third kappa shape index (κ3) is 3.76. The van der Waals surface area contributed by atoms with Crippen molar-refractivity contribution in [3.63, 3.8) is 0 Å². The lowest BCUT2D eigenvalue weighted by atomic mass is 9.79. The Morgan fingerprint density at radius 2 is 0.872 bits per heavy atom. The van der Waals surface area contributed by atoms with Crippen molar-refractivity contribution in [2.45, 2.75) is 19.3 Å². The highest BCUT2D eigenvalue weighted by molar-refractivity contribution is 6.28. The molecule has 0 spiro atoms. The summed E-state index contributed by atoms with van der Waals surface area (Å²) in [6, 6.07) is 59.0. The van der Waals surface area contributed by atoms with Crippen LogP contribution in [0.4, 0.5) is 0 Å². The molecular formula is C47H32. The molecule has 0 radical (unpaired) electrons. The molecule has 0 saturated carbocycles. The van der Waals surface area contributed by atoms with Gasteiger partial charge in [0.25, 0.3) is 0 Å². The zero-order valence-corrected chi connectivity index (χ0v) is 26.5. The highest BCUT2D eigenvalue weighted by atomic mass is 14.4. The first-order valence-corrected chi connectivity index (χ1v) is 16.6. The minimum absolute atomic E-state index is 0.103. The maximum atomic E-state index is 2.49. The van der Waals surface area contributed by atoms with Gasteiger partial charge in [0.05, 0.1) is 0 Å². The van der Waals surface area contributed by atoms with Gasteiger partial charge in [0, 0.05) is 5.41 Å². The molecule has 0 heterocycles. The summed E-state index contributed by atoms with van der Waals surface area (Å²) in [6.45, 7) is 4.78. The minimum atomic E-state index is -0.103. The fourth-order valence-electron chi connectivity index (χ4n) is 8.48. The molecule has 0 aliphatic heterocycles. The topological polar surface area (TPSA) is 0 Å². The SMILES string of the molecule is CC1(C)c2cc(-c3c4ccccc4c(-c4ccc5ccccc5c4)c4c3ccc3ccccc34)ccc2-c2cc3ccccc3cc21. The first-order chi connectivity index (χ1) is 23.1. The van der Waals surface area contributed by atoms with Crippen LogP contribution in [-0.4, -0.2) is 0 Å². The normalized spacial score (nSPS) is 13.5. The summed E-state index contributed by atoms with van der Waals surface area (Å²) < 4.78 is 0. The number of rotatable bonds is 2. The van der Waals surface area contributed by atoms with E-state index in [1.807, 2.05) is 0 Å². The van der Waals surface area contributed by atoms with Crippen molar-refractivity contribution >= 4 is 53.9 Å². The van der Waals surface area contributed by atoms with Gasteiger partial charge in [-0.15, -0.1) is 0 Å². The van der Waals surface area contributed by atoms with Crippen molar-refractivity contribution in [2.24, 2.45) is 0 Å². The molecule has 0 unspecified atom stereocenters. The molecule has 0 N–H and O–H groups in total. The van der Waals surface area contributed by atoms with E-state index in [0.29, 0.717) is 0 Å². The van der Waals surface area contributed by atoms with Gasteiger partial charge >= 0.3 is 0 Å². The Balaban J connectivity index is 1.30. The molecule has 0 nitrogen and oxygen atoms in total. The molecule has 0 bridgehead atoms. The van der Waals surface area contributed by atoms with Crippen LogP contribution in [0.2, 0.25) is 0 Å². The molecule has 9 aromatic rings. The van der Waals surface area contributed by atoms with Crippen LogP contribution in [0.5, 0.6) is 0 Å².